The van der Waals surface area contributed by atoms with Crippen LogP contribution in [0.3, 0.4) is 0 Å². The van der Waals surface area contributed by atoms with E-state index in [0.717, 1.165) is 31.4 Å². The zero-order chi connectivity index (χ0) is 17.4. The van der Waals surface area contributed by atoms with Gasteiger partial charge in [-0.05, 0) is 49.6 Å². The summed E-state index contributed by atoms with van der Waals surface area (Å²) in [6.45, 7) is 1.22. The third kappa shape index (κ3) is 3.09. The van der Waals surface area contributed by atoms with Crippen LogP contribution < -0.4 is 0 Å². The van der Waals surface area contributed by atoms with Gasteiger partial charge in [-0.25, -0.2) is 0 Å². The second-order valence-electron chi connectivity index (χ2n) is 7.30. The van der Waals surface area contributed by atoms with Crippen LogP contribution >= 0.6 is 11.6 Å². The summed E-state index contributed by atoms with van der Waals surface area (Å²) in [5.41, 5.74) is 0.879. The topological polar surface area (TPSA) is 45.5 Å². The van der Waals surface area contributed by atoms with E-state index < -0.39 is 5.60 Å². The molecule has 0 unspecified atom stereocenters. The molecule has 0 radical (unpaired) electrons. The van der Waals surface area contributed by atoms with E-state index in [2.05, 4.69) is 0 Å². The van der Waals surface area contributed by atoms with Crippen LogP contribution in [0.2, 0.25) is 5.02 Å². The van der Waals surface area contributed by atoms with Crippen LogP contribution in [0.25, 0.3) is 5.69 Å². The molecule has 1 saturated heterocycles. The lowest BCUT2D eigenvalue weighted by Gasteiger charge is -2.47. The number of halogens is 1. The van der Waals surface area contributed by atoms with Crippen LogP contribution in [0.1, 0.15) is 42.5 Å². The molecule has 0 bridgehead atoms. The summed E-state index contributed by atoms with van der Waals surface area (Å²) in [6, 6.07) is 9.45. The number of nitrogens with zero attached hydrogens (tertiary/aromatic N) is 2. The first kappa shape index (κ1) is 16.7. The van der Waals surface area contributed by atoms with E-state index in [4.69, 9.17) is 11.6 Å². The molecule has 1 aliphatic carbocycles. The number of aromatic nitrogens is 1. The number of benzene rings is 1. The standard InChI is InChI=1S/C20H23ClN2O2/c21-18-7-6-16(22-10-3-4-11-22)13-17(18)19(24)23-12-9-20(25)8-2-1-5-15(20)14-23/h3-4,6-7,10-11,13,15,25H,1-2,5,8-9,12,14H2/t15-,20-/m1/s1. The van der Waals surface area contributed by atoms with E-state index in [1.165, 1.54) is 0 Å². The molecule has 5 heteroatoms. The van der Waals surface area contributed by atoms with E-state index >= 15 is 0 Å². The average Bonchev–Trinajstić information content (AvgIpc) is 3.15. The van der Waals surface area contributed by atoms with E-state index in [-0.39, 0.29) is 11.8 Å². The second-order valence-corrected chi connectivity index (χ2v) is 7.71. The minimum atomic E-state index is -0.578. The molecular weight excluding hydrogens is 336 g/mol. The zero-order valence-electron chi connectivity index (χ0n) is 14.2. The molecule has 2 aliphatic rings. The van der Waals surface area contributed by atoms with E-state index in [9.17, 15) is 9.90 Å². The minimum absolute atomic E-state index is 0.0355. The lowest BCUT2D eigenvalue weighted by atomic mass is 9.71. The monoisotopic (exact) mass is 358 g/mol. The Hall–Kier alpha value is -1.78. The number of likely N-dealkylation sites (tertiary alicyclic amines) is 1. The number of aliphatic hydroxyl groups is 1. The van der Waals surface area contributed by atoms with Crippen molar-refractivity contribution in [2.75, 3.05) is 13.1 Å². The smallest absolute Gasteiger partial charge is 0.255 e. The molecule has 1 aromatic carbocycles. The second kappa shape index (κ2) is 6.50. The van der Waals surface area contributed by atoms with Crippen molar-refractivity contribution < 1.29 is 9.90 Å². The van der Waals surface area contributed by atoms with Crippen LogP contribution in [-0.4, -0.2) is 39.2 Å². The quantitative estimate of drug-likeness (QED) is 0.885. The molecule has 2 heterocycles. The summed E-state index contributed by atoms with van der Waals surface area (Å²) in [7, 11) is 0. The number of carbonyl (C=O) groups is 1. The van der Waals surface area contributed by atoms with Gasteiger partial charge in [0.05, 0.1) is 16.2 Å². The first-order valence-electron chi connectivity index (χ1n) is 9.01. The molecule has 1 amide bonds. The predicted octanol–water partition coefficient (Wildman–Crippen LogP) is 3.90. The van der Waals surface area contributed by atoms with Crippen molar-refractivity contribution in [2.45, 2.75) is 37.7 Å². The van der Waals surface area contributed by atoms with Gasteiger partial charge in [0.1, 0.15) is 0 Å². The van der Waals surface area contributed by atoms with Crippen molar-refractivity contribution in [1.29, 1.82) is 0 Å². The van der Waals surface area contributed by atoms with E-state index in [0.29, 0.717) is 30.1 Å². The summed E-state index contributed by atoms with van der Waals surface area (Å²) in [4.78, 5) is 14.9. The fraction of sp³-hybridized carbons (Fsp3) is 0.450. The van der Waals surface area contributed by atoms with Gasteiger partial charge in [-0.3, -0.25) is 4.79 Å². The molecule has 1 aromatic heterocycles. The summed E-state index contributed by atoms with van der Waals surface area (Å²) >= 11 is 6.33. The van der Waals surface area contributed by atoms with Crippen LogP contribution in [0.15, 0.2) is 42.7 Å². The summed E-state index contributed by atoms with van der Waals surface area (Å²) in [5.74, 6) is 0.150. The van der Waals surface area contributed by atoms with Crippen LogP contribution in [0.5, 0.6) is 0 Å². The van der Waals surface area contributed by atoms with Crippen molar-refractivity contribution in [2.24, 2.45) is 5.92 Å². The summed E-state index contributed by atoms with van der Waals surface area (Å²) in [5, 5.41) is 11.3. The molecule has 1 N–H and O–H groups in total. The van der Waals surface area contributed by atoms with Crippen molar-refractivity contribution in [3.8, 4) is 5.69 Å². The van der Waals surface area contributed by atoms with Gasteiger partial charge in [-0.15, -0.1) is 0 Å². The lowest BCUT2D eigenvalue weighted by Crippen LogP contribution is -2.54. The van der Waals surface area contributed by atoms with Gasteiger partial charge in [0, 0.05) is 37.1 Å². The molecule has 0 spiro atoms. The Labute approximate surface area is 153 Å². The average molecular weight is 359 g/mol. The zero-order valence-corrected chi connectivity index (χ0v) is 15.0. The van der Waals surface area contributed by atoms with Gasteiger partial charge < -0.3 is 14.6 Å². The fourth-order valence-corrected chi connectivity index (χ4v) is 4.47. The largest absolute Gasteiger partial charge is 0.389 e. The Morgan fingerprint density at radius 1 is 1.20 bits per heavy atom. The molecule has 2 atom stereocenters. The first-order valence-corrected chi connectivity index (χ1v) is 9.39. The molecule has 1 saturated carbocycles. The number of amides is 1. The number of hydrogen-bond donors (Lipinski definition) is 1. The molecule has 25 heavy (non-hydrogen) atoms. The van der Waals surface area contributed by atoms with Gasteiger partial charge in [0.25, 0.3) is 5.91 Å². The van der Waals surface area contributed by atoms with Gasteiger partial charge in [0.15, 0.2) is 0 Å². The molecule has 4 rings (SSSR count). The van der Waals surface area contributed by atoms with Crippen molar-refractivity contribution in [3.05, 3.63) is 53.3 Å². The molecule has 132 valence electrons. The lowest BCUT2D eigenvalue weighted by molar-refractivity contribution is -0.0886. The predicted molar refractivity (Wildman–Crippen MR) is 98.2 cm³/mol. The maximum atomic E-state index is 13.1. The van der Waals surface area contributed by atoms with Crippen LogP contribution in [0, 0.1) is 5.92 Å². The van der Waals surface area contributed by atoms with E-state index in [1.54, 1.807) is 6.07 Å². The number of fused-ring (bicyclic) bond motifs is 1. The van der Waals surface area contributed by atoms with Gasteiger partial charge in [-0.2, -0.15) is 0 Å². The van der Waals surface area contributed by atoms with E-state index in [1.807, 2.05) is 46.1 Å². The molecule has 2 aromatic rings. The number of piperidine rings is 1. The highest BCUT2D eigenvalue weighted by atomic mass is 35.5. The maximum Gasteiger partial charge on any atom is 0.255 e. The Morgan fingerprint density at radius 3 is 2.80 bits per heavy atom. The maximum absolute atomic E-state index is 13.1. The first-order chi connectivity index (χ1) is 12.1. The summed E-state index contributed by atoms with van der Waals surface area (Å²) in [6.07, 6.45) is 8.64. The van der Waals surface area contributed by atoms with Crippen molar-refractivity contribution >= 4 is 17.5 Å². The van der Waals surface area contributed by atoms with Crippen molar-refractivity contribution in [1.82, 2.24) is 9.47 Å². The number of hydrogen-bond acceptors (Lipinski definition) is 2. The Kier molecular flexibility index (Phi) is 4.34. The van der Waals surface area contributed by atoms with Crippen molar-refractivity contribution in [3.63, 3.8) is 0 Å². The van der Waals surface area contributed by atoms with Gasteiger partial charge >= 0.3 is 0 Å². The van der Waals surface area contributed by atoms with Gasteiger partial charge in [-0.1, -0.05) is 24.4 Å². The summed E-state index contributed by atoms with van der Waals surface area (Å²) < 4.78 is 1.96. The highest BCUT2D eigenvalue weighted by Gasteiger charge is 2.43. The van der Waals surface area contributed by atoms with Crippen LogP contribution in [0.4, 0.5) is 0 Å². The Bertz CT molecular complexity index is 774. The third-order valence-corrected chi connectivity index (χ3v) is 6.13. The Balaban J connectivity index is 1.58. The van der Waals surface area contributed by atoms with Crippen LogP contribution in [-0.2, 0) is 0 Å². The molecular formula is C20H23ClN2O2. The highest BCUT2D eigenvalue weighted by Crippen LogP contribution is 2.40. The number of carbonyl (C=O) groups excluding carboxylic acids is 1. The normalized spacial score (nSPS) is 26.3. The Morgan fingerprint density at radius 2 is 2.00 bits per heavy atom. The highest BCUT2D eigenvalue weighted by molar-refractivity contribution is 6.33. The number of rotatable bonds is 2. The SMILES string of the molecule is O=C(c1cc(-n2cccc2)ccc1Cl)N1CC[C@]2(O)CCCC[C@@H]2C1. The molecule has 4 nitrogen and oxygen atoms in total. The molecule has 2 fully saturated rings. The van der Waals surface area contributed by atoms with Gasteiger partial charge in [0.2, 0.25) is 0 Å². The fourth-order valence-electron chi connectivity index (χ4n) is 4.27. The minimum Gasteiger partial charge on any atom is -0.389 e. The third-order valence-electron chi connectivity index (χ3n) is 5.80. The molecule has 1 aliphatic heterocycles.